The number of hydrogen-bond donors (Lipinski definition) is 1. The van der Waals surface area contributed by atoms with Gasteiger partial charge in [0.2, 0.25) is 0 Å². The second-order valence-electron chi connectivity index (χ2n) is 6.91. The summed E-state index contributed by atoms with van der Waals surface area (Å²) in [5, 5.41) is 11.3. The Morgan fingerprint density at radius 2 is 1.58 bits per heavy atom. The molecule has 2 aromatic heterocycles. The topological polar surface area (TPSA) is 89.4 Å². The lowest BCUT2D eigenvalue weighted by molar-refractivity contribution is -0.123. The molecule has 0 radical (unpaired) electrons. The molecule has 4 rings (SSSR count). The molecule has 0 aliphatic heterocycles. The molecular weight excluding hydrogens is 440 g/mol. The highest BCUT2D eigenvalue weighted by Gasteiger charge is 2.21. The van der Waals surface area contributed by atoms with Gasteiger partial charge in [-0.2, -0.15) is 0 Å². The van der Waals surface area contributed by atoms with Gasteiger partial charge in [0.1, 0.15) is 5.76 Å². The number of carbonyl (C=O) groups is 2. The van der Waals surface area contributed by atoms with Gasteiger partial charge in [-0.05, 0) is 41.5 Å². The van der Waals surface area contributed by atoms with Crippen molar-refractivity contribution in [3.63, 3.8) is 0 Å². The van der Waals surface area contributed by atoms with Crippen molar-refractivity contribution in [3.05, 3.63) is 107 Å². The minimum atomic E-state index is -0.803. The van der Waals surface area contributed by atoms with Gasteiger partial charge in [0, 0.05) is 46.4 Å². The smallest absolute Gasteiger partial charge is 0.346 e. The summed E-state index contributed by atoms with van der Waals surface area (Å²) in [6, 6.07) is 19.1. The number of aromatic nitrogens is 2. The van der Waals surface area contributed by atoms with Gasteiger partial charge < -0.3 is 9.84 Å². The van der Waals surface area contributed by atoms with Crippen molar-refractivity contribution in [2.45, 2.75) is 0 Å². The average molecular weight is 457 g/mol. The first kappa shape index (κ1) is 21.9. The van der Waals surface area contributed by atoms with Gasteiger partial charge in [0.05, 0.1) is 11.3 Å². The molecule has 33 heavy (non-hydrogen) atoms. The molecule has 0 bridgehead atoms. The normalized spacial score (nSPS) is 11.1. The summed E-state index contributed by atoms with van der Waals surface area (Å²) in [5.74, 6) is -0.835. The minimum Gasteiger partial charge on any atom is -0.507 e. The molecule has 2 aromatic carbocycles. The summed E-state index contributed by atoms with van der Waals surface area (Å²) in [4.78, 5) is 31.8. The van der Waals surface area contributed by atoms with E-state index in [0.29, 0.717) is 38.5 Å². The number of esters is 1. The van der Waals surface area contributed by atoms with E-state index in [1.165, 1.54) is 6.08 Å². The van der Waals surface area contributed by atoms with Crippen LogP contribution in [0.1, 0.15) is 21.6 Å². The Hall–Kier alpha value is -4.29. The Morgan fingerprint density at radius 3 is 2.30 bits per heavy atom. The van der Waals surface area contributed by atoms with E-state index in [0.717, 1.165) is 0 Å². The molecule has 0 atom stereocenters. The molecule has 0 amide bonds. The Bertz CT molecular complexity index is 1350. The second-order valence-corrected chi connectivity index (χ2v) is 7.32. The van der Waals surface area contributed by atoms with E-state index in [-0.39, 0.29) is 17.8 Å². The lowest BCUT2D eigenvalue weighted by Gasteiger charge is -2.16. The van der Waals surface area contributed by atoms with Crippen LogP contribution in [0.5, 0.6) is 0 Å². The predicted molar refractivity (Wildman–Crippen MR) is 126 cm³/mol. The van der Waals surface area contributed by atoms with Crippen LogP contribution in [0.4, 0.5) is 0 Å². The van der Waals surface area contributed by atoms with E-state index < -0.39 is 5.97 Å². The predicted octanol–water partition coefficient (Wildman–Crippen LogP) is 5.83. The monoisotopic (exact) mass is 456 g/mol. The number of pyridine rings is 2. The molecule has 0 spiro atoms. The Balaban J connectivity index is 2.01. The minimum absolute atomic E-state index is 0.0320. The molecule has 0 unspecified atom stereocenters. The van der Waals surface area contributed by atoms with Crippen LogP contribution in [-0.2, 0) is 9.53 Å². The fourth-order valence-electron chi connectivity index (χ4n) is 3.50. The Morgan fingerprint density at radius 1 is 0.879 bits per heavy atom. The number of rotatable bonds is 6. The zero-order valence-electron chi connectivity index (χ0n) is 17.2. The summed E-state index contributed by atoms with van der Waals surface area (Å²) in [6.45, 7) is 0.0907. The highest BCUT2D eigenvalue weighted by molar-refractivity contribution is 6.33. The second kappa shape index (κ2) is 9.89. The van der Waals surface area contributed by atoms with Crippen LogP contribution in [0.2, 0.25) is 5.02 Å². The van der Waals surface area contributed by atoms with E-state index >= 15 is 0 Å². The molecule has 162 valence electrons. The van der Waals surface area contributed by atoms with E-state index in [1.54, 1.807) is 67.1 Å². The summed E-state index contributed by atoms with van der Waals surface area (Å²) in [6.07, 6.45) is 6.24. The number of aliphatic hydroxyl groups excluding tert-OH is 1. The van der Waals surface area contributed by atoms with Crippen LogP contribution in [0.15, 0.2) is 85.3 Å². The number of nitrogens with zero attached hydrogens (tertiary/aromatic N) is 2. The van der Waals surface area contributed by atoms with Crippen molar-refractivity contribution in [1.29, 1.82) is 0 Å². The van der Waals surface area contributed by atoms with E-state index in [1.807, 2.05) is 18.2 Å². The first-order valence-electron chi connectivity index (χ1n) is 9.89. The van der Waals surface area contributed by atoms with Crippen LogP contribution < -0.4 is 0 Å². The van der Waals surface area contributed by atoms with Crippen LogP contribution in [0.3, 0.4) is 0 Å². The zero-order valence-corrected chi connectivity index (χ0v) is 17.9. The van der Waals surface area contributed by atoms with E-state index in [2.05, 4.69) is 14.7 Å². The molecule has 0 fully saturated rings. The average Bonchev–Trinajstić information content (AvgIpc) is 2.85. The van der Waals surface area contributed by atoms with Crippen molar-refractivity contribution in [1.82, 2.24) is 9.97 Å². The summed E-state index contributed by atoms with van der Waals surface area (Å²) in [5.41, 5.74) is 3.54. The van der Waals surface area contributed by atoms with Crippen molar-refractivity contribution in [3.8, 4) is 22.3 Å². The van der Waals surface area contributed by atoms with Crippen molar-refractivity contribution < 1.29 is 19.4 Å². The van der Waals surface area contributed by atoms with Gasteiger partial charge in [0.15, 0.2) is 0 Å². The fourth-order valence-corrected chi connectivity index (χ4v) is 3.73. The number of benzene rings is 2. The molecule has 6 nitrogen and oxygen atoms in total. The van der Waals surface area contributed by atoms with Crippen LogP contribution >= 0.6 is 11.6 Å². The van der Waals surface area contributed by atoms with Gasteiger partial charge in [-0.1, -0.05) is 48.0 Å². The van der Waals surface area contributed by atoms with E-state index in [9.17, 15) is 14.7 Å². The number of carbonyl (C=O) groups excluding carboxylic acids is 2. The van der Waals surface area contributed by atoms with Crippen LogP contribution in [0.25, 0.3) is 34.1 Å². The lowest BCUT2D eigenvalue weighted by Crippen LogP contribution is -2.06. The van der Waals surface area contributed by atoms with Crippen molar-refractivity contribution >= 4 is 35.9 Å². The summed E-state index contributed by atoms with van der Waals surface area (Å²) < 4.78 is 4.61. The number of aliphatic hydroxyl groups is 1. The first-order chi connectivity index (χ1) is 16.1. The molecule has 1 N–H and O–H groups in total. The maximum absolute atomic E-state index is 12.5. The highest BCUT2D eigenvalue weighted by atomic mass is 35.5. The standard InChI is InChI=1S/C26H17ClN2O4/c27-22-8-4-3-5-18(22)20-11-14-29-23(15-24(31)17-9-12-28-13-10-17)25(20)19-6-1-2-7-21(19)26(32)33-16-30/h1-16,31H/b24-15-. The molecule has 0 saturated carbocycles. The molecule has 0 saturated heterocycles. The Labute approximate surface area is 194 Å². The lowest BCUT2D eigenvalue weighted by atomic mass is 9.90. The van der Waals surface area contributed by atoms with Gasteiger partial charge >= 0.3 is 12.4 Å². The maximum Gasteiger partial charge on any atom is 0.346 e. The fraction of sp³-hybridized carbons (Fsp3) is 0. The number of halogens is 1. The first-order valence-corrected chi connectivity index (χ1v) is 10.3. The molecule has 4 aromatic rings. The number of ether oxygens (including phenoxy) is 1. The van der Waals surface area contributed by atoms with Crippen LogP contribution in [0, 0.1) is 0 Å². The third-order valence-corrected chi connectivity index (χ3v) is 5.29. The number of hydrogen-bond acceptors (Lipinski definition) is 6. The molecule has 2 heterocycles. The van der Waals surface area contributed by atoms with Crippen LogP contribution in [-0.4, -0.2) is 27.5 Å². The van der Waals surface area contributed by atoms with Crippen molar-refractivity contribution in [2.75, 3.05) is 0 Å². The SMILES string of the molecule is O=COC(=O)c1ccccc1-c1c(-c2ccccc2Cl)ccnc1/C=C(\O)c1ccncc1. The molecule has 0 aliphatic rings. The van der Waals surface area contributed by atoms with Gasteiger partial charge in [-0.3, -0.25) is 14.8 Å². The highest BCUT2D eigenvalue weighted by Crippen LogP contribution is 2.39. The third kappa shape index (κ3) is 4.66. The maximum atomic E-state index is 12.5. The third-order valence-electron chi connectivity index (χ3n) is 4.97. The summed E-state index contributed by atoms with van der Waals surface area (Å²) in [7, 11) is 0. The van der Waals surface area contributed by atoms with Crippen molar-refractivity contribution in [2.24, 2.45) is 0 Å². The molecule has 0 aliphatic carbocycles. The van der Waals surface area contributed by atoms with E-state index in [4.69, 9.17) is 11.6 Å². The largest absolute Gasteiger partial charge is 0.507 e. The Kier molecular flexibility index (Phi) is 6.57. The van der Waals surface area contributed by atoms with Gasteiger partial charge in [-0.25, -0.2) is 4.79 Å². The molecule has 7 heteroatoms. The van der Waals surface area contributed by atoms with Gasteiger partial charge in [-0.15, -0.1) is 0 Å². The molecular formula is C26H17ClN2O4. The van der Waals surface area contributed by atoms with Gasteiger partial charge in [0.25, 0.3) is 0 Å². The zero-order chi connectivity index (χ0) is 23.2. The quantitative estimate of drug-likeness (QED) is 0.170. The summed E-state index contributed by atoms with van der Waals surface area (Å²) >= 11 is 6.49.